The summed E-state index contributed by atoms with van der Waals surface area (Å²) < 4.78 is 54.3. The van der Waals surface area contributed by atoms with Gasteiger partial charge in [0.15, 0.2) is 23.3 Å². The van der Waals surface area contributed by atoms with Gasteiger partial charge in [-0.25, -0.2) is 17.6 Å². The normalized spacial score (nSPS) is 24.4. The van der Waals surface area contributed by atoms with Crippen LogP contribution in [0, 0.1) is 29.2 Å². The maximum atomic E-state index is 13.8. The molecule has 0 radical (unpaired) electrons. The molecule has 1 aliphatic heterocycles. The van der Waals surface area contributed by atoms with E-state index in [2.05, 4.69) is 5.32 Å². The Kier molecular flexibility index (Phi) is 4.52. The van der Waals surface area contributed by atoms with Crippen molar-refractivity contribution in [3.63, 3.8) is 0 Å². The quantitative estimate of drug-likeness (QED) is 0.631. The van der Waals surface area contributed by atoms with E-state index in [4.69, 9.17) is 0 Å². The van der Waals surface area contributed by atoms with Gasteiger partial charge in [-0.3, -0.25) is 0 Å². The van der Waals surface area contributed by atoms with E-state index in [0.717, 1.165) is 0 Å². The lowest BCUT2D eigenvalue weighted by atomic mass is 10.1. The monoisotopic (exact) mass is 290 g/mol. The second-order valence-electron chi connectivity index (χ2n) is 5.47. The molecule has 1 saturated heterocycles. The second kappa shape index (κ2) is 5.99. The molecule has 0 aliphatic carbocycles. The highest BCUT2D eigenvalue weighted by Crippen LogP contribution is 2.29. The fourth-order valence-corrected chi connectivity index (χ4v) is 2.43. The van der Waals surface area contributed by atoms with E-state index in [1.54, 1.807) is 0 Å². The third kappa shape index (κ3) is 3.06. The van der Waals surface area contributed by atoms with Crippen LogP contribution in [-0.4, -0.2) is 25.7 Å². The zero-order chi connectivity index (χ0) is 14.9. The minimum Gasteiger partial charge on any atom is -0.366 e. The van der Waals surface area contributed by atoms with E-state index < -0.39 is 29.0 Å². The first kappa shape index (κ1) is 15.1. The van der Waals surface area contributed by atoms with E-state index in [-0.39, 0.29) is 18.0 Å². The molecule has 0 aromatic heterocycles. The zero-order valence-corrected chi connectivity index (χ0v) is 11.5. The molecule has 2 unspecified atom stereocenters. The van der Waals surface area contributed by atoms with Crippen LogP contribution >= 0.6 is 0 Å². The molecular weight excluding hydrogens is 272 g/mol. The summed E-state index contributed by atoms with van der Waals surface area (Å²) in [6.07, 6.45) is 0.643. The van der Waals surface area contributed by atoms with Crippen molar-refractivity contribution in [2.24, 2.45) is 5.92 Å². The van der Waals surface area contributed by atoms with E-state index in [0.29, 0.717) is 26.1 Å². The summed E-state index contributed by atoms with van der Waals surface area (Å²) in [5.41, 5.74) is -0.594. The van der Waals surface area contributed by atoms with E-state index >= 15 is 0 Å². The predicted molar refractivity (Wildman–Crippen MR) is 69.7 cm³/mol. The van der Waals surface area contributed by atoms with E-state index in [1.807, 2.05) is 13.8 Å². The van der Waals surface area contributed by atoms with Gasteiger partial charge in [0.25, 0.3) is 0 Å². The van der Waals surface area contributed by atoms with E-state index in [9.17, 15) is 17.6 Å². The first-order chi connectivity index (χ1) is 9.40. The van der Waals surface area contributed by atoms with Crippen molar-refractivity contribution in [1.29, 1.82) is 0 Å². The molecular formula is C14H18F4N2. The third-order valence-electron chi connectivity index (χ3n) is 3.58. The Labute approximate surface area is 115 Å². The first-order valence-electron chi connectivity index (χ1n) is 6.71. The highest BCUT2D eigenvalue weighted by atomic mass is 19.2. The number of nitrogens with one attached hydrogen (secondary N) is 1. The predicted octanol–water partition coefficient (Wildman–Crippen LogP) is 3.07. The average Bonchev–Trinajstić information content (AvgIpc) is 2.38. The van der Waals surface area contributed by atoms with Gasteiger partial charge >= 0.3 is 0 Å². The fraction of sp³-hybridized carbons (Fsp3) is 0.571. The molecule has 1 aliphatic rings. The molecule has 1 aromatic carbocycles. The molecule has 0 amide bonds. The molecule has 1 N–H and O–H groups in total. The van der Waals surface area contributed by atoms with Crippen LogP contribution in [0.4, 0.5) is 23.2 Å². The molecule has 2 rings (SSSR count). The van der Waals surface area contributed by atoms with Crippen molar-refractivity contribution < 1.29 is 17.6 Å². The largest absolute Gasteiger partial charge is 0.366 e. The summed E-state index contributed by atoms with van der Waals surface area (Å²) in [4.78, 5) is 1.40. The maximum Gasteiger partial charge on any atom is 0.185 e. The van der Waals surface area contributed by atoms with Crippen molar-refractivity contribution in [3.05, 3.63) is 29.3 Å². The Morgan fingerprint density at radius 3 is 2.30 bits per heavy atom. The SMILES string of the molecule is CC1CNC(C)CCN(c2c(F)c(F)cc(F)c2F)C1. The van der Waals surface area contributed by atoms with Crippen LogP contribution in [0.1, 0.15) is 20.3 Å². The number of hydrogen-bond donors (Lipinski definition) is 1. The summed E-state index contributed by atoms with van der Waals surface area (Å²) in [6, 6.07) is 0.427. The molecule has 2 atom stereocenters. The van der Waals surface area contributed by atoms with Gasteiger partial charge in [-0.2, -0.15) is 0 Å². The summed E-state index contributed by atoms with van der Waals surface area (Å²) in [6.45, 7) is 5.27. The Morgan fingerprint density at radius 1 is 1.10 bits per heavy atom. The van der Waals surface area contributed by atoms with Gasteiger partial charge in [0.05, 0.1) is 0 Å². The summed E-state index contributed by atoms with van der Waals surface area (Å²) in [5, 5.41) is 3.30. The Balaban J connectivity index is 2.38. The molecule has 1 aromatic rings. The van der Waals surface area contributed by atoms with Crippen molar-refractivity contribution in [2.75, 3.05) is 24.5 Å². The lowest BCUT2D eigenvalue weighted by molar-refractivity contribution is 0.398. The van der Waals surface area contributed by atoms with Crippen molar-refractivity contribution in [2.45, 2.75) is 26.3 Å². The second-order valence-corrected chi connectivity index (χ2v) is 5.47. The molecule has 1 heterocycles. The van der Waals surface area contributed by atoms with Crippen LogP contribution in [0.5, 0.6) is 0 Å². The first-order valence-corrected chi connectivity index (χ1v) is 6.71. The third-order valence-corrected chi connectivity index (χ3v) is 3.58. The standard InChI is InChI=1S/C14H18F4N2/c1-8-6-19-9(2)3-4-20(7-8)14-12(17)10(15)5-11(16)13(14)18/h5,8-9,19H,3-4,6-7H2,1-2H3. The molecule has 20 heavy (non-hydrogen) atoms. The molecule has 0 saturated carbocycles. The van der Waals surface area contributed by atoms with Crippen molar-refractivity contribution >= 4 is 5.69 Å². The van der Waals surface area contributed by atoms with Crippen LogP contribution in [0.25, 0.3) is 0 Å². The van der Waals surface area contributed by atoms with Crippen LogP contribution in [0.15, 0.2) is 6.07 Å². The van der Waals surface area contributed by atoms with Crippen LogP contribution in [0.2, 0.25) is 0 Å². The van der Waals surface area contributed by atoms with Crippen LogP contribution in [0.3, 0.4) is 0 Å². The zero-order valence-electron chi connectivity index (χ0n) is 11.5. The Bertz CT molecular complexity index is 466. The topological polar surface area (TPSA) is 15.3 Å². The average molecular weight is 290 g/mol. The molecule has 2 nitrogen and oxygen atoms in total. The summed E-state index contributed by atoms with van der Waals surface area (Å²) in [7, 11) is 0. The number of hydrogen-bond acceptors (Lipinski definition) is 2. The van der Waals surface area contributed by atoms with Crippen LogP contribution in [-0.2, 0) is 0 Å². The number of halogens is 4. The van der Waals surface area contributed by atoms with Crippen LogP contribution < -0.4 is 10.2 Å². The summed E-state index contributed by atoms with van der Waals surface area (Å²) in [5.74, 6) is -5.25. The number of rotatable bonds is 1. The van der Waals surface area contributed by atoms with Gasteiger partial charge in [-0.1, -0.05) is 6.92 Å². The lowest BCUT2D eigenvalue weighted by Crippen LogP contribution is -2.43. The summed E-state index contributed by atoms with van der Waals surface area (Å²) >= 11 is 0. The van der Waals surface area contributed by atoms with Crippen molar-refractivity contribution in [1.82, 2.24) is 5.32 Å². The van der Waals surface area contributed by atoms with Gasteiger partial charge in [-0.15, -0.1) is 0 Å². The Hall–Kier alpha value is -1.30. The molecule has 0 spiro atoms. The van der Waals surface area contributed by atoms with Crippen molar-refractivity contribution in [3.8, 4) is 0 Å². The van der Waals surface area contributed by atoms with Gasteiger partial charge in [0.2, 0.25) is 0 Å². The number of anilines is 1. The lowest BCUT2D eigenvalue weighted by Gasteiger charge is -2.33. The fourth-order valence-electron chi connectivity index (χ4n) is 2.43. The molecule has 0 bridgehead atoms. The highest BCUT2D eigenvalue weighted by molar-refractivity contribution is 5.50. The number of benzene rings is 1. The minimum absolute atomic E-state index is 0.114. The van der Waals surface area contributed by atoms with E-state index in [1.165, 1.54) is 4.90 Å². The maximum absolute atomic E-state index is 13.8. The Morgan fingerprint density at radius 2 is 1.70 bits per heavy atom. The van der Waals surface area contributed by atoms with Gasteiger partial charge in [-0.05, 0) is 25.8 Å². The molecule has 1 fully saturated rings. The minimum atomic E-state index is -1.36. The molecule has 112 valence electrons. The number of nitrogens with zero attached hydrogens (tertiary/aromatic N) is 1. The smallest absolute Gasteiger partial charge is 0.185 e. The van der Waals surface area contributed by atoms with Gasteiger partial charge in [0, 0.05) is 25.2 Å². The van der Waals surface area contributed by atoms with Gasteiger partial charge < -0.3 is 10.2 Å². The highest BCUT2D eigenvalue weighted by Gasteiger charge is 2.26. The molecule has 6 heteroatoms. The van der Waals surface area contributed by atoms with Gasteiger partial charge in [0.1, 0.15) is 5.69 Å².